The summed E-state index contributed by atoms with van der Waals surface area (Å²) in [6.45, 7) is 2.77. The predicted molar refractivity (Wildman–Crippen MR) is 153 cm³/mol. The van der Waals surface area contributed by atoms with Crippen LogP contribution in [0.15, 0.2) is 48.5 Å². The first-order valence-corrected chi connectivity index (χ1v) is 12.8. The van der Waals surface area contributed by atoms with Gasteiger partial charge in [-0.1, -0.05) is 47.6 Å². The molecule has 0 amide bonds. The molecule has 0 aliphatic carbocycles. The summed E-state index contributed by atoms with van der Waals surface area (Å²) in [5, 5.41) is 2.62. The van der Waals surface area contributed by atoms with Gasteiger partial charge in [-0.3, -0.25) is 0 Å². The summed E-state index contributed by atoms with van der Waals surface area (Å²) in [5.74, 6) is 1.51. The minimum atomic E-state index is 0.389. The quantitative estimate of drug-likeness (QED) is 0.232. The zero-order chi connectivity index (χ0) is 25.4. The number of aromatic nitrogens is 2. The summed E-state index contributed by atoms with van der Waals surface area (Å²) < 4.78 is 10.7. The zero-order valence-corrected chi connectivity index (χ0v) is 22.8. The van der Waals surface area contributed by atoms with Gasteiger partial charge in [-0.25, -0.2) is 9.97 Å². The van der Waals surface area contributed by atoms with E-state index in [1.807, 2.05) is 48.5 Å². The van der Waals surface area contributed by atoms with E-state index in [1.165, 1.54) is 0 Å². The molecule has 36 heavy (non-hydrogen) atoms. The van der Waals surface area contributed by atoms with Gasteiger partial charge in [0.05, 0.1) is 25.3 Å². The molecule has 6 nitrogen and oxygen atoms in total. The Bertz CT molecular complexity index is 1390. The van der Waals surface area contributed by atoms with Crippen LogP contribution in [0.3, 0.4) is 0 Å². The maximum Gasteiger partial charge on any atom is 0.139 e. The van der Waals surface area contributed by atoms with Gasteiger partial charge in [0.2, 0.25) is 0 Å². The van der Waals surface area contributed by atoms with Crippen LogP contribution in [-0.2, 0) is 0 Å². The van der Waals surface area contributed by atoms with E-state index in [4.69, 9.17) is 57.1 Å². The maximum absolute atomic E-state index is 6.52. The molecule has 3 heterocycles. The third-order valence-electron chi connectivity index (χ3n) is 6.27. The predicted octanol–water partition coefficient (Wildman–Crippen LogP) is 5.78. The summed E-state index contributed by atoms with van der Waals surface area (Å²) in [4.78, 5) is 14.7. The van der Waals surface area contributed by atoms with E-state index in [1.54, 1.807) is 14.2 Å². The van der Waals surface area contributed by atoms with Crippen molar-refractivity contribution in [2.75, 3.05) is 40.4 Å². The first kappa shape index (κ1) is 24.9. The van der Waals surface area contributed by atoms with Crippen LogP contribution in [0.4, 0.5) is 0 Å². The van der Waals surface area contributed by atoms with Crippen molar-refractivity contribution in [3.05, 3.63) is 70.0 Å². The topological polar surface area (TPSA) is 50.7 Å². The number of piperazine rings is 1. The van der Waals surface area contributed by atoms with Crippen molar-refractivity contribution in [3.63, 3.8) is 0 Å². The summed E-state index contributed by atoms with van der Waals surface area (Å²) >= 11 is 24.7. The van der Waals surface area contributed by atoms with Crippen molar-refractivity contribution in [1.82, 2.24) is 19.8 Å². The lowest BCUT2D eigenvalue weighted by Crippen LogP contribution is -2.50. The lowest BCUT2D eigenvalue weighted by Gasteiger charge is -2.37. The second-order valence-electron chi connectivity index (χ2n) is 8.36. The number of halogens is 2. The fourth-order valence-electron chi connectivity index (χ4n) is 4.27. The van der Waals surface area contributed by atoms with E-state index < -0.39 is 0 Å². The van der Waals surface area contributed by atoms with Gasteiger partial charge in [0, 0.05) is 48.1 Å². The number of ether oxygens (including phenoxy) is 2. The van der Waals surface area contributed by atoms with Crippen molar-refractivity contribution in [3.8, 4) is 11.5 Å². The SMILES string of the molecule is COc1ccc2nc(Cl)c(C(=S)N3CCN(C(=S)c4cc5cc(OC)ccc5nc4Cl)CC3)cc2c1. The Kier molecular flexibility index (Phi) is 7.12. The van der Waals surface area contributed by atoms with Crippen LogP contribution in [0.2, 0.25) is 10.3 Å². The lowest BCUT2D eigenvalue weighted by atomic mass is 10.1. The van der Waals surface area contributed by atoms with Gasteiger partial charge < -0.3 is 19.3 Å². The number of rotatable bonds is 4. The highest BCUT2D eigenvalue weighted by molar-refractivity contribution is 7.81. The number of methoxy groups -OCH3 is 2. The van der Waals surface area contributed by atoms with Gasteiger partial charge in [0.25, 0.3) is 0 Å². The van der Waals surface area contributed by atoms with Crippen molar-refractivity contribution in [1.29, 1.82) is 0 Å². The Morgan fingerprint density at radius 3 is 1.44 bits per heavy atom. The number of hydrogen-bond donors (Lipinski definition) is 0. The highest BCUT2D eigenvalue weighted by Gasteiger charge is 2.25. The van der Waals surface area contributed by atoms with Crippen molar-refractivity contribution >= 4 is 79.4 Å². The van der Waals surface area contributed by atoms with Crippen LogP contribution >= 0.6 is 47.6 Å². The highest BCUT2D eigenvalue weighted by atomic mass is 35.5. The molecule has 1 saturated heterocycles. The molecule has 1 aliphatic heterocycles. The molecule has 0 atom stereocenters. The molecule has 1 fully saturated rings. The van der Waals surface area contributed by atoms with Gasteiger partial charge in [-0.15, -0.1) is 0 Å². The van der Waals surface area contributed by atoms with Crippen LogP contribution in [0.1, 0.15) is 11.1 Å². The molecule has 2 aromatic carbocycles. The van der Waals surface area contributed by atoms with E-state index in [9.17, 15) is 0 Å². The molecule has 10 heteroatoms. The average molecular weight is 558 g/mol. The standard InChI is InChI=1S/C26H22Cl2N4O2S2/c1-33-17-3-5-21-15(11-17)13-19(23(27)29-21)25(35)31-7-9-32(10-8-31)26(36)20-14-16-12-18(34-2)4-6-22(16)30-24(20)28/h3-6,11-14H,7-10H2,1-2H3. The largest absolute Gasteiger partial charge is 0.497 e. The first-order chi connectivity index (χ1) is 17.4. The Labute approximate surface area is 229 Å². The number of nitrogens with zero attached hydrogens (tertiary/aromatic N) is 4. The van der Waals surface area contributed by atoms with E-state index in [2.05, 4.69) is 19.8 Å². The monoisotopic (exact) mass is 556 g/mol. The molecule has 5 rings (SSSR count). The second-order valence-corrected chi connectivity index (χ2v) is 9.84. The van der Waals surface area contributed by atoms with Crippen LogP contribution in [0, 0.1) is 0 Å². The first-order valence-electron chi connectivity index (χ1n) is 11.2. The maximum atomic E-state index is 6.52. The van der Waals surface area contributed by atoms with Crippen molar-refractivity contribution < 1.29 is 9.47 Å². The minimum absolute atomic E-state index is 0.389. The Morgan fingerprint density at radius 2 is 1.08 bits per heavy atom. The third kappa shape index (κ3) is 4.78. The van der Waals surface area contributed by atoms with Crippen LogP contribution in [0.5, 0.6) is 11.5 Å². The molecule has 0 N–H and O–H groups in total. The molecule has 1 aliphatic rings. The minimum Gasteiger partial charge on any atom is -0.497 e. The summed E-state index contributed by atoms with van der Waals surface area (Å²) in [5.41, 5.74) is 3.06. The number of thiocarbonyl (C=S) groups is 2. The van der Waals surface area contributed by atoms with Gasteiger partial charge in [0.1, 0.15) is 31.8 Å². The molecule has 184 valence electrons. The van der Waals surface area contributed by atoms with Crippen LogP contribution in [0.25, 0.3) is 21.8 Å². The zero-order valence-electron chi connectivity index (χ0n) is 19.6. The number of hydrogen-bond acceptors (Lipinski definition) is 6. The fraction of sp³-hybridized carbons (Fsp3) is 0.231. The average Bonchev–Trinajstić information content (AvgIpc) is 2.91. The molecule has 0 spiro atoms. The number of pyridine rings is 2. The second kappa shape index (κ2) is 10.3. The van der Waals surface area contributed by atoms with Crippen LogP contribution < -0.4 is 9.47 Å². The molecule has 4 aromatic rings. The lowest BCUT2D eigenvalue weighted by molar-refractivity contribution is 0.265. The Morgan fingerprint density at radius 1 is 0.694 bits per heavy atom. The third-order valence-corrected chi connectivity index (χ3v) is 7.80. The van der Waals surface area contributed by atoms with Crippen molar-refractivity contribution in [2.45, 2.75) is 0 Å². The van der Waals surface area contributed by atoms with Gasteiger partial charge >= 0.3 is 0 Å². The smallest absolute Gasteiger partial charge is 0.139 e. The van der Waals surface area contributed by atoms with Crippen LogP contribution in [-0.4, -0.2) is 70.1 Å². The summed E-state index contributed by atoms with van der Waals surface area (Å²) in [7, 11) is 3.27. The molecule has 2 aromatic heterocycles. The Balaban J connectivity index is 1.32. The molecule has 0 radical (unpaired) electrons. The van der Waals surface area contributed by atoms with E-state index in [0.717, 1.165) is 44.4 Å². The number of fused-ring (bicyclic) bond motifs is 2. The van der Waals surface area contributed by atoms with E-state index in [-0.39, 0.29) is 0 Å². The van der Waals surface area contributed by atoms with Gasteiger partial charge in [-0.05, 0) is 48.5 Å². The molecule has 0 saturated carbocycles. The summed E-state index contributed by atoms with van der Waals surface area (Å²) in [6, 6.07) is 15.3. The number of benzene rings is 2. The van der Waals surface area contributed by atoms with E-state index >= 15 is 0 Å². The van der Waals surface area contributed by atoms with Crippen molar-refractivity contribution in [2.24, 2.45) is 0 Å². The Hall–Kier alpha value is -2.78. The summed E-state index contributed by atoms with van der Waals surface area (Å²) in [6.07, 6.45) is 0. The molecule has 0 unspecified atom stereocenters. The fourth-order valence-corrected chi connectivity index (χ4v) is 5.53. The van der Waals surface area contributed by atoms with E-state index in [0.29, 0.717) is 46.5 Å². The normalized spacial score (nSPS) is 13.8. The molecular formula is C26H22Cl2N4O2S2. The molecular weight excluding hydrogens is 535 g/mol. The molecule has 0 bridgehead atoms. The van der Waals surface area contributed by atoms with Gasteiger partial charge in [-0.2, -0.15) is 0 Å². The van der Waals surface area contributed by atoms with Gasteiger partial charge in [0.15, 0.2) is 0 Å². The highest BCUT2D eigenvalue weighted by Crippen LogP contribution is 2.28.